The van der Waals surface area contributed by atoms with Crippen molar-refractivity contribution in [2.75, 3.05) is 10.5 Å². The van der Waals surface area contributed by atoms with Crippen molar-refractivity contribution in [2.24, 2.45) is 7.05 Å². The van der Waals surface area contributed by atoms with Crippen LogP contribution in [0.4, 0.5) is 11.4 Å². The Morgan fingerprint density at radius 1 is 1.44 bits per heavy atom. The Labute approximate surface area is 113 Å². The first-order chi connectivity index (χ1) is 8.38. The number of aryl methyl sites for hydroxylation is 1. The summed E-state index contributed by atoms with van der Waals surface area (Å²) in [6.45, 7) is 0. The normalized spacial score (nSPS) is 11.4. The van der Waals surface area contributed by atoms with Crippen LogP contribution in [0, 0.1) is 0 Å². The molecule has 1 aromatic heterocycles. The van der Waals surface area contributed by atoms with Gasteiger partial charge < -0.3 is 5.73 Å². The van der Waals surface area contributed by atoms with E-state index in [1.165, 1.54) is 23.1 Å². The third kappa shape index (κ3) is 2.65. The Morgan fingerprint density at radius 3 is 2.78 bits per heavy atom. The maximum atomic E-state index is 12.1. The van der Waals surface area contributed by atoms with Crippen LogP contribution in [0.1, 0.15) is 0 Å². The highest BCUT2D eigenvalue weighted by molar-refractivity contribution is 9.10. The monoisotopic (exact) mass is 330 g/mol. The van der Waals surface area contributed by atoms with Crippen molar-refractivity contribution in [3.05, 3.63) is 35.1 Å². The molecular formula is C10H11BrN4O2S. The Bertz CT molecular complexity index is 681. The summed E-state index contributed by atoms with van der Waals surface area (Å²) in [4.78, 5) is 0.0966. The van der Waals surface area contributed by atoms with Gasteiger partial charge in [0.1, 0.15) is 4.90 Å². The van der Waals surface area contributed by atoms with Crippen molar-refractivity contribution in [3.63, 3.8) is 0 Å². The quantitative estimate of drug-likeness (QED) is 0.836. The van der Waals surface area contributed by atoms with Crippen molar-refractivity contribution in [3.8, 4) is 0 Å². The van der Waals surface area contributed by atoms with Crippen LogP contribution in [0.15, 0.2) is 40.0 Å². The van der Waals surface area contributed by atoms with Crippen molar-refractivity contribution in [1.29, 1.82) is 0 Å². The fourth-order valence-corrected chi connectivity index (χ4v) is 2.89. The van der Waals surface area contributed by atoms with Gasteiger partial charge in [-0.15, -0.1) is 0 Å². The van der Waals surface area contributed by atoms with Gasteiger partial charge in [-0.25, -0.2) is 8.42 Å². The van der Waals surface area contributed by atoms with E-state index in [9.17, 15) is 8.42 Å². The smallest absolute Gasteiger partial charge is 0.265 e. The van der Waals surface area contributed by atoms with Gasteiger partial charge in [-0.05, 0) is 34.1 Å². The average Bonchev–Trinajstić information content (AvgIpc) is 2.71. The lowest BCUT2D eigenvalue weighted by Crippen LogP contribution is -2.12. The second-order valence-corrected chi connectivity index (χ2v) is 6.23. The zero-order valence-corrected chi connectivity index (χ0v) is 11.9. The molecule has 3 N–H and O–H groups in total. The minimum Gasteiger partial charge on any atom is -0.399 e. The Balaban J connectivity index is 2.36. The van der Waals surface area contributed by atoms with Gasteiger partial charge in [0, 0.05) is 23.4 Å². The van der Waals surface area contributed by atoms with E-state index in [-0.39, 0.29) is 4.90 Å². The topological polar surface area (TPSA) is 90.0 Å². The molecule has 0 saturated carbocycles. The summed E-state index contributed by atoms with van der Waals surface area (Å²) in [6, 6.07) is 4.89. The summed E-state index contributed by atoms with van der Waals surface area (Å²) in [5.41, 5.74) is 6.48. The molecular weight excluding hydrogens is 320 g/mol. The number of anilines is 2. The van der Waals surface area contributed by atoms with Crippen LogP contribution < -0.4 is 10.5 Å². The molecule has 1 heterocycles. The molecule has 0 unspecified atom stereocenters. The van der Waals surface area contributed by atoms with Crippen LogP contribution in [-0.4, -0.2) is 18.2 Å². The van der Waals surface area contributed by atoms with E-state index >= 15 is 0 Å². The van der Waals surface area contributed by atoms with Gasteiger partial charge in [-0.2, -0.15) is 5.10 Å². The summed E-state index contributed by atoms with van der Waals surface area (Å²) in [7, 11) is -2.00. The van der Waals surface area contributed by atoms with E-state index in [4.69, 9.17) is 5.73 Å². The lowest BCUT2D eigenvalue weighted by molar-refractivity contribution is 0.601. The van der Waals surface area contributed by atoms with E-state index in [0.29, 0.717) is 15.8 Å². The van der Waals surface area contributed by atoms with Gasteiger partial charge in [-0.1, -0.05) is 0 Å². The number of aromatic nitrogens is 2. The number of nitrogens with two attached hydrogens (primary N) is 1. The molecule has 0 amide bonds. The third-order valence-electron chi connectivity index (χ3n) is 2.23. The van der Waals surface area contributed by atoms with E-state index < -0.39 is 10.0 Å². The molecule has 6 nitrogen and oxygen atoms in total. The summed E-state index contributed by atoms with van der Waals surface area (Å²) in [6.07, 6.45) is 2.70. The van der Waals surface area contributed by atoms with Gasteiger partial charge in [0.2, 0.25) is 0 Å². The van der Waals surface area contributed by atoms with Crippen LogP contribution in [0.3, 0.4) is 0 Å². The minimum atomic E-state index is -3.65. The number of halogens is 1. The highest BCUT2D eigenvalue weighted by Gasteiger charge is 2.17. The molecule has 8 heteroatoms. The zero-order valence-electron chi connectivity index (χ0n) is 9.46. The van der Waals surface area contributed by atoms with Crippen LogP contribution in [0.2, 0.25) is 0 Å². The number of hydrogen-bond acceptors (Lipinski definition) is 4. The van der Waals surface area contributed by atoms with E-state index in [1.54, 1.807) is 19.2 Å². The summed E-state index contributed by atoms with van der Waals surface area (Å²) < 4.78 is 28.6. The number of sulfonamides is 1. The molecule has 0 aliphatic carbocycles. The first-order valence-corrected chi connectivity index (χ1v) is 7.22. The molecule has 96 valence electrons. The van der Waals surface area contributed by atoms with E-state index in [1.807, 2.05) is 0 Å². The second-order valence-electron chi connectivity index (χ2n) is 3.69. The predicted molar refractivity (Wildman–Crippen MR) is 72.6 cm³/mol. The second kappa shape index (κ2) is 4.62. The fourth-order valence-electron chi connectivity index (χ4n) is 1.36. The predicted octanol–water partition coefficient (Wildman–Crippen LogP) is 1.57. The molecule has 0 atom stereocenters. The van der Waals surface area contributed by atoms with E-state index in [0.717, 1.165) is 0 Å². The minimum absolute atomic E-state index is 0.0966. The molecule has 1 aromatic carbocycles. The molecule has 2 rings (SSSR count). The molecule has 2 aromatic rings. The summed E-state index contributed by atoms with van der Waals surface area (Å²) >= 11 is 3.26. The highest BCUT2D eigenvalue weighted by atomic mass is 79.9. The van der Waals surface area contributed by atoms with Crippen LogP contribution in [0.25, 0.3) is 0 Å². The van der Waals surface area contributed by atoms with Gasteiger partial charge in [0.15, 0.2) is 0 Å². The Hall–Kier alpha value is -1.54. The first-order valence-electron chi connectivity index (χ1n) is 4.95. The molecule has 18 heavy (non-hydrogen) atoms. The van der Waals surface area contributed by atoms with Crippen molar-refractivity contribution < 1.29 is 8.42 Å². The van der Waals surface area contributed by atoms with Gasteiger partial charge in [0.05, 0.1) is 11.9 Å². The van der Waals surface area contributed by atoms with Gasteiger partial charge in [0.25, 0.3) is 10.0 Å². The van der Waals surface area contributed by atoms with Gasteiger partial charge >= 0.3 is 0 Å². The first kappa shape index (κ1) is 12.9. The number of hydrogen-bond donors (Lipinski definition) is 2. The lowest BCUT2D eigenvalue weighted by atomic mass is 10.3. The molecule has 0 bridgehead atoms. The number of rotatable bonds is 3. The zero-order chi connectivity index (χ0) is 13.3. The molecule has 0 spiro atoms. The number of nitrogen functional groups attached to an aromatic ring is 1. The van der Waals surface area contributed by atoms with Crippen LogP contribution in [0.5, 0.6) is 0 Å². The summed E-state index contributed by atoms with van der Waals surface area (Å²) in [5, 5.41) is 3.83. The number of nitrogens with one attached hydrogen (secondary N) is 1. The standard InChI is InChI=1S/C10H11BrN4O2S/c1-15-6-8(5-13-15)18(16,17)14-10-4-7(12)2-3-9(10)11/h2-6,14H,12H2,1H3. The summed E-state index contributed by atoms with van der Waals surface area (Å²) in [5.74, 6) is 0. The molecule has 0 aliphatic heterocycles. The van der Waals surface area contributed by atoms with Gasteiger partial charge in [-0.3, -0.25) is 9.40 Å². The average molecular weight is 331 g/mol. The van der Waals surface area contributed by atoms with Crippen LogP contribution >= 0.6 is 15.9 Å². The molecule has 0 saturated heterocycles. The highest BCUT2D eigenvalue weighted by Crippen LogP contribution is 2.26. The molecule has 0 radical (unpaired) electrons. The number of benzene rings is 1. The third-order valence-corrected chi connectivity index (χ3v) is 4.24. The fraction of sp³-hybridized carbons (Fsp3) is 0.100. The van der Waals surface area contributed by atoms with Crippen molar-refractivity contribution >= 4 is 37.3 Å². The number of nitrogens with zero attached hydrogens (tertiary/aromatic N) is 2. The Kier molecular flexibility index (Phi) is 3.31. The maximum absolute atomic E-state index is 12.1. The van der Waals surface area contributed by atoms with E-state index in [2.05, 4.69) is 25.8 Å². The SMILES string of the molecule is Cn1cc(S(=O)(=O)Nc2cc(N)ccc2Br)cn1. The molecule has 0 aliphatic rings. The largest absolute Gasteiger partial charge is 0.399 e. The molecule has 0 fully saturated rings. The van der Waals surface area contributed by atoms with Crippen molar-refractivity contribution in [1.82, 2.24) is 9.78 Å². The maximum Gasteiger partial charge on any atom is 0.265 e. The lowest BCUT2D eigenvalue weighted by Gasteiger charge is -2.08. The van der Waals surface area contributed by atoms with Crippen molar-refractivity contribution in [2.45, 2.75) is 4.90 Å². The Morgan fingerprint density at radius 2 is 2.17 bits per heavy atom. The van der Waals surface area contributed by atoms with Crippen LogP contribution in [-0.2, 0) is 17.1 Å².